The van der Waals surface area contributed by atoms with Gasteiger partial charge in [-0.1, -0.05) is 0 Å². The Morgan fingerprint density at radius 2 is 2.33 bits per heavy atom. The summed E-state index contributed by atoms with van der Waals surface area (Å²) in [6.07, 6.45) is 1.42. The number of nitrogens with zero attached hydrogens (tertiary/aromatic N) is 2. The number of aromatic nitrogens is 3. The molecule has 0 radical (unpaired) electrons. The lowest BCUT2D eigenvalue weighted by molar-refractivity contribution is 0.413. The summed E-state index contributed by atoms with van der Waals surface area (Å²) < 4.78 is 20.3. The second kappa shape index (κ2) is 3.82. The first-order valence-corrected chi connectivity index (χ1v) is 4.59. The van der Waals surface area contributed by atoms with Crippen molar-refractivity contribution in [3.05, 3.63) is 35.1 Å². The van der Waals surface area contributed by atoms with Gasteiger partial charge in [-0.3, -0.25) is 9.67 Å². The molecule has 6 heteroatoms. The van der Waals surface area contributed by atoms with Gasteiger partial charge >= 0.3 is 0 Å². The molecule has 0 saturated heterocycles. The van der Waals surface area contributed by atoms with Gasteiger partial charge in [0.1, 0.15) is 17.9 Å². The van der Waals surface area contributed by atoms with E-state index < -0.39 is 0 Å². The van der Waals surface area contributed by atoms with Crippen LogP contribution in [0.4, 0.5) is 4.39 Å². The molecule has 0 aliphatic rings. The molecular formula is C9H8FN3OS. The molecule has 0 atom stereocenters. The van der Waals surface area contributed by atoms with Crippen LogP contribution in [-0.2, 0) is 0 Å². The maximum atomic E-state index is 13.5. The molecule has 1 aromatic carbocycles. The van der Waals surface area contributed by atoms with E-state index >= 15 is 0 Å². The summed E-state index contributed by atoms with van der Waals surface area (Å²) in [6.45, 7) is 0. The highest BCUT2D eigenvalue weighted by Crippen LogP contribution is 2.19. The van der Waals surface area contributed by atoms with Crippen molar-refractivity contribution < 1.29 is 9.13 Å². The first-order chi connectivity index (χ1) is 7.22. The van der Waals surface area contributed by atoms with Gasteiger partial charge in [-0.2, -0.15) is 5.10 Å². The molecule has 0 saturated carbocycles. The number of ether oxygens (including phenoxy) is 1. The number of rotatable bonds is 2. The maximum absolute atomic E-state index is 13.5. The van der Waals surface area contributed by atoms with E-state index in [4.69, 9.17) is 17.0 Å². The predicted molar refractivity (Wildman–Crippen MR) is 55.3 cm³/mol. The van der Waals surface area contributed by atoms with Crippen LogP contribution in [0.1, 0.15) is 0 Å². The van der Waals surface area contributed by atoms with Crippen molar-refractivity contribution in [3.8, 4) is 11.4 Å². The van der Waals surface area contributed by atoms with Gasteiger partial charge in [0.25, 0.3) is 0 Å². The Bertz CT molecular complexity index is 534. The van der Waals surface area contributed by atoms with Crippen molar-refractivity contribution in [1.82, 2.24) is 14.8 Å². The number of halogens is 1. The molecule has 0 fully saturated rings. The second-order valence-electron chi connectivity index (χ2n) is 2.85. The molecule has 2 aromatic rings. The van der Waals surface area contributed by atoms with Gasteiger partial charge in [0.2, 0.25) is 0 Å². The predicted octanol–water partition coefficient (Wildman–Crippen LogP) is 2.08. The van der Waals surface area contributed by atoms with Crippen molar-refractivity contribution in [3.63, 3.8) is 0 Å². The van der Waals surface area contributed by atoms with Crippen LogP contribution in [0.15, 0.2) is 24.5 Å². The van der Waals surface area contributed by atoms with Crippen molar-refractivity contribution in [2.45, 2.75) is 0 Å². The molecule has 0 aliphatic heterocycles. The first-order valence-electron chi connectivity index (χ1n) is 4.18. The zero-order valence-corrected chi connectivity index (χ0v) is 8.71. The molecule has 0 aliphatic carbocycles. The van der Waals surface area contributed by atoms with E-state index in [1.54, 1.807) is 12.1 Å². The summed E-state index contributed by atoms with van der Waals surface area (Å²) in [7, 11) is 1.52. The van der Waals surface area contributed by atoms with Crippen molar-refractivity contribution in [1.29, 1.82) is 0 Å². The highest BCUT2D eigenvalue weighted by Gasteiger charge is 2.07. The molecule has 1 aromatic heterocycles. The van der Waals surface area contributed by atoms with Crippen LogP contribution in [0.25, 0.3) is 5.69 Å². The molecular weight excluding hydrogens is 217 g/mol. The first kappa shape index (κ1) is 9.85. The summed E-state index contributed by atoms with van der Waals surface area (Å²) in [5, 5.41) is 6.27. The van der Waals surface area contributed by atoms with E-state index in [2.05, 4.69) is 10.2 Å². The number of benzene rings is 1. The fourth-order valence-electron chi connectivity index (χ4n) is 1.22. The smallest absolute Gasteiger partial charge is 0.199 e. The lowest BCUT2D eigenvalue weighted by Gasteiger charge is -2.05. The van der Waals surface area contributed by atoms with Crippen molar-refractivity contribution in [2.75, 3.05) is 7.11 Å². The normalized spacial score (nSPS) is 10.3. The van der Waals surface area contributed by atoms with Gasteiger partial charge in [-0.25, -0.2) is 4.39 Å². The fourth-order valence-corrected chi connectivity index (χ4v) is 1.42. The minimum absolute atomic E-state index is 0.313. The number of H-pyrrole nitrogens is 1. The molecule has 0 unspecified atom stereocenters. The standard InChI is InChI=1S/C9H8FN3OS/c1-14-6-2-3-7(10)8(4-6)13-5-11-12-9(13)15/h2-5H,1H3,(H,12,15). The average Bonchev–Trinajstić information content (AvgIpc) is 2.65. The van der Waals surface area contributed by atoms with Gasteiger partial charge in [0.15, 0.2) is 4.77 Å². The van der Waals surface area contributed by atoms with Crippen molar-refractivity contribution in [2.24, 2.45) is 0 Å². The molecule has 0 bridgehead atoms. The monoisotopic (exact) mass is 225 g/mol. The molecule has 15 heavy (non-hydrogen) atoms. The number of methoxy groups -OCH3 is 1. The zero-order valence-electron chi connectivity index (χ0n) is 7.90. The highest BCUT2D eigenvalue weighted by molar-refractivity contribution is 7.71. The topological polar surface area (TPSA) is 42.8 Å². The van der Waals surface area contributed by atoms with E-state index in [0.717, 1.165) is 0 Å². The molecule has 78 valence electrons. The van der Waals surface area contributed by atoms with Crippen LogP contribution in [-0.4, -0.2) is 21.9 Å². The summed E-state index contributed by atoms with van der Waals surface area (Å²) in [5.41, 5.74) is 0.313. The molecule has 2 rings (SSSR count). The summed E-state index contributed by atoms with van der Waals surface area (Å²) >= 11 is 4.94. The van der Waals surface area contributed by atoms with Crippen LogP contribution >= 0.6 is 12.2 Å². The van der Waals surface area contributed by atoms with Crippen LogP contribution in [0.3, 0.4) is 0 Å². The highest BCUT2D eigenvalue weighted by atomic mass is 32.1. The van der Waals surface area contributed by atoms with E-state index in [9.17, 15) is 4.39 Å². The fraction of sp³-hybridized carbons (Fsp3) is 0.111. The molecule has 1 heterocycles. The Morgan fingerprint density at radius 1 is 1.53 bits per heavy atom. The van der Waals surface area contributed by atoms with Crippen LogP contribution in [0, 0.1) is 10.6 Å². The third-order valence-corrected chi connectivity index (χ3v) is 2.25. The SMILES string of the molecule is COc1ccc(F)c(-n2cn[nH]c2=S)c1. The van der Waals surface area contributed by atoms with E-state index in [1.807, 2.05) is 0 Å². The maximum Gasteiger partial charge on any atom is 0.199 e. The minimum atomic E-state index is -0.381. The van der Waals surface area contributed by atoms with Gasteiger partial charge in [-0.05, 0) is 24.4 Å². The Kier molecular flexibility index (Phi) is 2.51. The van der Waals surface area contributed by atoms with Gasteiger partial charge in [0.05, 0.1) is 12.8 Å². The molecule has 4 nitrogen and oxygen atoms in total. The third kappa shape index (κ3) is 1.75. The van der Waals surface area contributed by atoms with Crippen molar-refractivity contribution >= 4 is 12.2 Å². The van der Waals surface area contributed by atoms with E-state index in [1.165, 1.54) is 24.1 Å². The van der Waals surface area contributed by atoms with Crippen LogP contribution in [0.5, 0.6) is 5.75 Å². The number of aromatic amines is 1. The van der Waals surface area contributed by atoms with E-state index in [-0.39, 0.29) is 5.82 Å². The number of hydrogen-bond acceptors (Lipinski definition) is 3. The minimum Gasteiger partial charge on any atom is -0.497 e. The van der Waals surface area contributed by atoms with Crippen LogP contribution < -0.4 is 4.74 Å². The summed E-state index contributed by atoms with van der Waals surface area (Å²) in [4.78, 5) is 0. The third-order valence-electron chi connectivity index (χ3n) is 1.97. The van der Waals surface area contributed by atoms with E-state index in [0.29, 0.717) is 16.2 Å². The molecule has 1 N–H and O–H groups in total. The number of hydrogen-bond donors (Lipinski definition) is 1. The average molecular weight is 225 g/mol. The lowest BCUT2D eigenvalue weighted by Crippen LogP contribution is -1.97. The Morgan fingerprint density at radius 3 is 2.93 bits per heavy atom. The summed E-state index contributed by atoms with van der Waals surface area (Å²) in [6, 6.07) is 4.42. The number of nitrogens with one attached hydrogen (secondary N) is 1. The molecule has 0 amide bonds. The van der Waals surface area contributed by atoms with Crippen LogP contribution in [0.2, 0.25) is 0 Å². The zero-order chi connectivity index (χ0) is 10.8. The quantitative estimate of drug-likeness (QED) is 0.796. The Labute approximate surface area is 90.3 Å². The van der Waals surface area contributed by atoms with Gasteiger partial charge in [0, 0.05) is 6.07 Å². The molecule has 0 spiro atoms. The second-order valence-corrected chi connectivity index (χ2v) is 3.24. The van der Waals surface area contributed by atoms with Gasteiger partial charge in [-0.15, -0.1) is 0 Å². The Hall–Kier alpha value is -1.69. The lowest BCUT2D eigenvalue weighted by atomic mass is 10.3. The largest absolute Gasteiger partial charge is 0.497 e. The van der Waals surface area contributed by atoms with Gasteiger partial charge < -0.3 is 4.74 Å². The Balaban J connectivity index is 2.62. The summed E-state index contributed by atoms with van der Waals surface area (Å²) in [5.74, 6) is 0.183.